The largest absolute Gasteiger partial charge is 0.514 e. The number of ether oxygens (including phenoxy) is 4. The second kappa shape index (κ2) is 36.4. The third kappa shape index (κ3) is 17.9. The Hall–Kier alpha value is -8.47. The molecule has 3 aromatic heterocycles. The van der Waals surface area contributed by atoms with Gasteiger partial charge in [0.2, 0.25) is 0 Å². The maximum Gasteiger partial charge on any atom is 0.514 e. The van der Waals surface area contributed by atoms with Crippen LogP contribution in [0.5, 0.6) is 5.75 Å². The molecule has 12 aliphatic rings. The second-order valence-corrected chi connectivity index (χ2v) is 39.4. The zero-order valence-electron chi connectivity index (χ0n) is 71.2. The average molecular weight is 1690 g/mol. The Balaban J connectivity index is 0.000000151. The summed E-state index contributed by atoms with van der Waals surface area (Å²) in [7, 11) is 0. The lowest BCUT2D eigenvalue weighted by Gasteiger charge is -2.63. The zero-order chi connectivity index (χ0) is 86.8. The number of hydrogen-bond donors (Lipinski definition) is 9. The Bertz CT molecular complexity index is 4340. The first kappa shape index (κ1) is 90.3. The number of nitro groups is 1. The number of nitro benzene ring substituents is 1. The predicted molar refractivity (Wildman–Crippen MR) is 443 cm³/mol. The molecule has 12 fully saturated rings. The molecule has 0 unspecified atom stereocenters. The van der Waals surface area contributed by atoms with Gasteiger partial charge >= 0.3 is 53.1 Å². The van der Waals surface area contributed by atoms with Gasteiger partial charge in [0.15, 0.2) is 0 Å². The van der Waals surface area contributed by atoms with E-state index in [-0.39, 0.29) is 134 Å². The summed E-state index contributed by atoms with van der Waals surface area (Å²) < 4.78 is 38.0. The maximum absolute atomic E-state index is 12.5. The Morgan fingerprint density at radius 2 is 0.760 bits per heavy atom. The van der Waals surface area contributed by atoms with Crippen molar-refractivity contribution in [1.29, 1.82) is 0 Å². The molecule has 28 nitrogen and oxygen atoms in total. The third-order valence-electron chi connectivity index (χ3n) is 34.1. The molecule has 12 saturated carbocycles. The first-order chi connectivity index (χ1) is 57.4. The molecule has 12 aliphatic carbocycles. The van der Waals surface area contributed by atoms with E-state index in [0.29, 0.717) is 74.4 Å². The van der Waals surface area contributed by atoms with Gasteiger partial charge < -0.3 is 79.2 Å². The van der Waals surface area contributed by atoms with E-state index in [4.69, 9.17) is 53.3 Å². The summed E-state index contributed by atoms with van der Waals surface area (Å²) in [6, 6.07) is 15.4. The maximum atomic E-state index is 12.5. The minimum atomic E-state index is -0.869. The number of nitrogens with two attached hydrogens (primary N) is 1. The summed E-state index contributed by atoms with van der Waals surface area (Å²) in [6.07, 6.45) is 29.0. The lowest BCUT2D eigenvalue weighted by Crippen LogP contribution is -2.62. The van der Waals surface area contributed by atoms with Crippen LogP contribution in [0.15, 0.2) is 107 Å². The van der Waals surface area contributed by atoms with Crippen LogP contribution in [0.4, 0.5) is 20.1 Å². The fourth-order valence-corrected chi connectivity index (χ4v) is 27.6. The number of carboxylic acid groups (broad SMARTS) is 3. The van der Waals surface area contributed by atoms with Crippen LogP contribution in [0, 0.1) is 95.9 Å². The molecule has 24 atom stereocenters. The number of carbonyl (C=O) groups excluding carboxylic acids is 3. The minimum Gasteiger partial charge on any atom is -0.481 e. The van der Waals surface area contributed by atoms with Crippen LogP contribution in [-0.4, -0.2) is 127 Å². The van der Waals surface area contributed by atoms with Crippen molar-refractivity contribution in [2.45, 2.75) is 306 Å². The summed E-state index contributed by atoms with van der Waals surface area (Å²) >= 11 is 0. The third-order valence-corrected chi connectivity index (χ3v) is 34.1. The SMILES string of the molecule is C[C@]12CC[C@H](OC(=O)NCCCC(=O)O)C[C@H]1CC[C@@H]1[C@@H]2CC[C@]2(C)[C@@H](c3ccc(=O)oc3)CC[C@]12O.C[C@]12CC[C@H](OC(=O)NCCCC(=O)O)C[C@H]1CC[C@@H]1[C@@H]2CC[C@]2(C)[C@@H](c3ccc(=O)oc3)CC[C@]12O.C[C@]12CC[C@H](OC(=O)Oc3ccc([N+](=O)[O-])cc3)C[C@H]1CC[C@@H]1[C@@H]2CC[C@]2(C)[C@@H](c3ccc(=O)oc3)CC[C@]12O.NCCCC(=O)O. The first-order valence-corrected chi connectivity index (χ1v) is 44.7. The van der Waals surface area contributed by atoms with Gasteiger partial charge in [0.05, 0.1) is 40.5 Å². The average Bonchev–Trinajstić information content (AvgIpc) is 1.58. The highest BCUT2D eigenvalue weighted by Gasteiger charge is 2.71. The smallest absolute Gasteiger partial charge is 0.481 e. The zero-order valence-corrected chi connectivity index (χ0v) is 71.2. The van der Waals surface area contributed by atoms with Crippen molar-refractivity contribution in [1.82, 2.24) is 10.6 Å². The summed E-state index contributed by atoms with van der Waals surface area (Å²) in [6.45, 7) is 15.0. The monoisotopic (exact) mass is 1680 g/mol. The molecule has 1 aromatic carbocycles. The van der Waals surface area contributed by atoms with Crippen molar-refractivity contribution >= 4 is 41.9 Å². The molecule has 10 N–H and O–H groups in total. The number of non-ortho nitro benzene ring substituents is 1. The Morgan fingerprint density at radius 1 is 0.430 bits per heavy atom. The van der Waals surface area contributed by atoms with E-state index in [1.165, 1.54) is 42.5 Å². The lowest BCUT2D eigenvalue weighted by molar-refractivity contribution is -0.384. The summed E-state index contributed by atoms with van der Waals surface area (Å²) in [5.74, 6) is 1.58. The molecule has 0 saturated heterocycles. The van der Waals surface area contributed by atoms with Gasteiger partial charge in [0.25, 0.3) is 5.69 Å². The number of benzene rings is 1. The number of carbonyl (C=O) groups is 6. The molecule has 28 heteroatoms. The van der Waals surface area contributed by atoms with Crippen LogP contribution in [0.2, 0.25) is 0 Å². The molecule has 2 amide bonds. The normalized spacial score (nSPS) is 38.1. The van der Waals surface area contributed by atoms with Crippen LogP contribution in [0.25, 0.3) is 0 Å². The number of amides is 2. The molecule has 121 heavy (non-hydrogen) atoms. The highest BCUT2D eigenvalue weighted by Crippen LogP contribution is 2.74. The van der Waals surface area contributed by atoms with E-state index in [1.807, 2.05) is 18.2 Å². The number of fused-ring (bicyclic) bond motifs is 15. The van der Waals surface area contributed by atoms with Gasteiger partial charge in [-0.15, -0.1) is 0 Å². The van der Waals surface area contributed by atoms with Crippen LogP contribution in [0.1, 0.15) is 288 Å². The van der Waals surface area contributed by atoms with Gasteiger partial charge in [0, 0.05) is 78.9 Å². The van der Waals surface area contributed by atoms with Crippen LogP contribution < -0.4 is 38.0 Å². The van der Waals surface area contributed by atoms with Crippen LogP contribution in [0.3, 0.4) is 0 Å². The van der Waals surface area contributed by atoms with Gasteiger partial charge in [-0.3, -0.25) is 24.5 Å². The molecule has 16 rings (SSSR count). The van der Waals surface area contributed by atoms with Gasteiger partial charge in [-0.05, 0) is 333 Å². The molecule has 0 spiro atoms. The molecular weight excluding hydrogens is 1560 g/mol. The van der Waals surface area contributed by atoms with Crippen molar-refractivity contribution in [3.8, 4) is 5.75 Å². The summed E-state index contributed by atoms with van der Waals surface area (Å²) in [5, 5.41) is 78.8. The van der Waals surface area contributed by atoms with Crippen molar-refractivity contribution in [3.63, 3.8) is 0 Å². The number of nitrogens with one attached hydrogen (secondary N) is 2. The van der Waals surface area contributed by atoms with Crippen molar-refractivity contribution in [3.05, 3.63) is 138 Å². The Kier molecular flexibility index (Phi) is 27.1. The van der Waals surface area contributed by atoms with Crippen molar-refractivity contribution in [2.75, 3.05) is 19.6 Å². The van der Waals surface area contributed by atoms with Crippen molar-refractivity contribution < 1.29 is 96.5 Å². The van der Waals surface area contributed by atoms with E-state index in [0.717, 1.165) is 190 Å². The molecule has 0 bridgehead atoms. The number of aliphatic hydroxyl groups is 3. The standard InChI is InChI=1S/C31H37NO8.2C29H41NO7.C4H9NO2/c1-29-14-11-23(40-28(34)39-22-7-5-21(6-8-22)32(36)37)17-20(29)4-9-26-25(29)12-15-30(2)24(13-16-31(26,30)35)19-3-10-27(33)38-18-19;2*1-27-12-9-20(37-26(34)30-15-3-4-24(31)32)16-19(27)6-7-23-22(27)10-13-28(2)21(11-14-29(23,28)35)18-5-8-25(33)36-17-18;5-3-1-2-4(6)7/h3,5-8,10,18,20,23-26,35H,4,9,11-17H2,1-2H3;2*5,8,17,19-23,35H,3-4,6-7,9-16H2,1-2H3,(H,30,34)(H,31,32);1-3,5H2,(H,6,7)/t20-,23+,24-,25+,26-,29+,30-,31+;2*19-,20+,21-,22+,23-,27+,28-,29+;/m111./s1. The fraction of sp³-hybridized carbons (Fsp3) is 0.710. The fourth-order valence-electron chi connectivity index (χ4n) is 27.6. The molecule has 4 aromatic rings. The van der Waals surface area contributed by atoms with E-state index in [1.54, 1.807) is 18.8 Å². The highest BCUT2D eigenvalue weighted by atomic mass is 16.7. The predicted octanol–water partition coefficient (Wildman–Crippen LogP) is 15.9. The van der Waals surface area contributed by atoms with Gasteiger partial charge in [0.1, 0.15) is 24.1 Å². The number of alkyl carbamates (subject to hydrolysis) is 2. The summed E-state index contributed by atoms with van der Waals surface area (Å²) in [5.41, 5.74) is 4.32. The summed E-state index contributed by atoms with van der Waals surface area (Å²) in [4.78, 5) is 113. The van der Waals surface area contributed by atoms with E-state index >= 15 is 0 Å². The molecular formula is C93H128N4O24. The number of nitrogens with zero attached hydrogens (tertiary/aromatic N) is 1. The van der Waals surface area contributed by atoms with E-state index < -0.39 is 58.0 Å². The quantitative estimate of drug-likeness (QED) is 0.0105. The van der Waals surface area contributed by atoms with Crippen LogP contribution >= 0.6 is 0 Å². The van der Waals surface area contributed by atoms with E-state index in [9.17, 15) is 68.6 Å². The first-order valence-electron chi connectivity index (χ1n) is 44.7. The van der Waals surface area contributed by atoms with Gasteiger partial charge in [-0.2, -0.15) is 0 Å². The lowest BCUT2D eigenvalue weighted by atomic mass is 9.43. The Labute approximate surface area is 706 Å². The molecule has 664 valence electrons. The van der Waals surface area contributed by atoms with Crippen molar-refractivity contribution in [2.24, 2.45) is 91.5 Å². The minimum absolute atomic E-state index is 0.0284. The number of hydrogen-bond acceptors (Lipinski definition) is 22. The molecule has 0 aliphatic heterocycles. The number of carboxylic acids is 3. The molecule has 3 heterocycles. The van der Waals surface area contributed by atoms with Gasteiger partial charge in [-0.25, -0.2) is 28.8 Å². The Morgan fingerprint density at radius 3 is 1.06 bits per heavy atom. The van der Waals surface area contributed by atoms with E-state index in [2.05, 4.69) is 52.2 Å². The topological polar surface area (TPSA) is 445 Å². The number of aliphatic carboxylic acids is 3. The molecule has 0 radical (unpaired) electrons. The van der Waals surface area contributed by atoms with Gasteiger partial charge in [-0.1, -0.05) is 41.5 Å². The highest BCUT2D eigenvalue weighted by molar-refractivity contribution is 5.69. The van der Waals surface area contributed by atoms with Crippen LogP contribution in [-0.2, 0) is 28.6 Å². The second-order valence-electron chi connectivity index (χ2n) is 39.4. The number of rotatable bonds is 19.